The maximum atomic E-state index is 4.66. The first-order chi connectivity index (χ1) is 9.55. The number of para-hydroxylation sites is 1. The molecule has 1 aliphatic heterocycles. The minimum atomic E-state index is -0.146. The van der Waals surface area contributed by atoms with Gasteiger partial charge in [-0.15, -0.1) is 0 Å². The summed E-state index contributed by atoms with van der Waals surface area (Å²) in [4.78, 5) is 6.89. The van der Waals surface area contributed by atoms with Gasteiger partial charge in [0.2, 0.25) is 0 Å². The molecule has 1 aromatic heterocycles. The summed E-state index contributed by atoms with van der Waals surface area (Å²) in [7, 11) is 0. The molecule has 2 aromatic rings. The Labute approximate surface area is 126 Å². The molecule has 0 atom stereocenters. The number of hydrogen-bond donors (Lipinski definition) is 1. The van der Waals surface area contributed by atoms with E-state index >= 15 is 0 Å². The van der Waals surface area contributed by atoms with Crippen LogP contribution >= 0.6 is 12.6 Å². The van der Waals surface area contributed by atoms with E-state index in [1.807, 2.05) is 12.3 Å². The van der Waals surface area contributed by atoms with E-state index in [0.29, 0.717) is 0 Å². The Kier molecular flexibility index (Phi) is 3.47. The van der Waals surface area contributed by atoms with Crippen molar-refractivity contribution < 1.29 is 0 Å². The molecule has 0 saturated heterocycles. The van der Waals surface area contributed by atoms with Crippen LogP contribution in [0.3, 0.4) is 0 Å². The van der Waals surface area contributed by atoms with E-state index in [0.717, 1.165) is 18.8 Å². The maximum Gasteiger partial charge on any atom is 0.133 e. The second-order valence-corrected chi connectivity index (χ2v) is 6.96. The van der Waals surface area contributed by atoms with Gasteiger partial charge in [-0.05, 0) is 56.0 Å². The van der Waals surface area contributed by atoms with Crippen LogP contribution in [0.25, 0.3) is 0 Å². The number of pyridine rings is 1. The summed E-state index contributed by atoms with van der Waals surface area (Å²) in [6, 6.07) is 12.8. The van der Waals surface area contributed by atoms with Crippen LogP contribution < -0.4 is 4.90 Å². The summed E-state index contributed by atoms with van der Waals surface area (Å²) in [6.45, 7) is 5.25. The third-order valence-corrected chi connectivity index (χ3v) is 4.10. The molecule has 0 saturated carbocycles. The first-order valence-electron chi connectivity index (χ1n) is 7.10. The van der Waals surface area contributed by atoms with Gasteiger partial charge in [-0.1, -0.05) is 18.2 Å². The fraction of sp³-hybridized carbons (Fsp3) is 0.353. The molecule has 2 heterocycles. The Hall–Kier alpha value is -1.48. The molecule has 1 aliphatic rings. The van der Waals surface area contributed by atoms with Crippen molar-refractivity contribution in [1.82, 2.24) is 4.98 Å². The zero-order valence-corrected chi connectivity index (χ0v) is 12.9. The third-order valence-electron chi connectivity index (χ3n) is 3.84. The van der Waals surface area contributed by atoms with Crippen molar-refractivity contribution in [1.29, 1.82) is 0 Å². The number of anilines is 2. The molecule has 104 valence electrons. The van der Waals surface area contributed by atoms with Crippen molar-refractivity contribution in [3.05, 3.63) is 53.7 Å². The minimum absolute atomic E-state index is 0.146. The van der Waals surface area contributed by atoms with Crippen LogP contribution in [-0.4, -0.2) is 11.5 Å². The van der Waals surface area contributed by atoms with Gasteiger partial charge in [-0.25, -0.2) is 4.98 Å². The molecule has 0 N–H and O–H groups in total. The lowest BCUT2D eigenvalue weighted by Gasteiger charge is -2.31. The molecule has 0 aliphatic carbocycles. The smallest absolute Gasteiger partial charge is 0.133 e. The number of hydrogen-bond acceptors (Lipinski definition) is 3. The third kappa shape index (κ3) is 2.55. The lowest BCUT2D eigenvalue weighted by Crippen LogP contribution is -2.25. The number of aryl methyl sites for hydroxylation is 1. The van der Waals surface area contributed by atoms with Gasteiger partial charge in [0, 0.05) is 23.2 Å². The average Bonchev–Trinajstić information content (AvgIpc) is 2.46. The van der Waals surface area contributed by atoms with Crippen molar-refractivity contribution >= 4 is 24.1 Å². The zero-order chi connectivity index (χ0) is 14.2. The summed E-state index contributed by atoms with van der Waals surface area (Å²) < 4.78 is -0.146. The summed E-state index contributed by atoms with van der Waals surface area (Å²) >= 11 is 4.66. The van der Waals surface area contributed by atoms with Gasteiger partial charge in [0.05, 0.1) is 0 Å². The molecule has 0 bridgehead atoms. The van der Waals surface area contributed by atoms with E-state index in [2.05, 4.69) is 66.7 Å². The van der Waals surface area contributed by atoms with Gasteiger partial charge >= 0.3 is 0 Å². The predicted octanol–water partition coefficient (Wildman–Crippen LogP) is 4.33. The SMILES string of the molecule is CC(C)(S)c1ccnc(N2CCCc3ccccc32)c1. The monoisotopic (exact) mass is 284 g/mol. The van der Waals surface area contributed by atoms with Crippen molar-refractivity contribution in [2.75, 3.05) is 11.4 Å². The Morgan fingerprint density at radius 1 is 1.20 bits per heavy atom. The van der Waals surface area contributed by atoms with Crippen LogP contribution in [0.4, 0.5) is 11.5 Å². The quantitative estimate of drug-likeness (QED) is 0.826. The molecule has 0 fully saturated rings. The number of nitrogens with zero attached hydrogens (tertiary/aromatic N) is 2. The first kappa shape index (κ1) is 13.5. The summed E-state index contributed by atoms with van der Waals surface area (Å²) in [5, 5.41) is 0. The van der Waals surface area contributed by atoms with Gasteiger partial charge in [-0.2, -0.15) is 12.6 Å². The van der Waals surface area contributed by atoms with E-state index in [9.17, 15) is 0 Å². The molecule has 0 unspecified atom stereocenters. The fourth-order valence-corrected chi connectivity index (χ4v) is 2.86. The van der Waals surface area contributed by atoms with Gasteiger partial charge in [0.15, 0.2) is 0 Å². The van der Waals surface area contributed by atoms with E-state index in [1.54, 1.807) is 0 Å². The highest BCUT2D eigenvalue weighted by molar-refractivity contribution is 7.81. The highest BCUT2D eigenvalue weighted by atomic mass is 32.1. The largest absolute Gasteiger partial charge is 0.326 e. The second-order valence-electron chi connectivity index (χ2n) is 5.85. The molecular weight excluding hydrogens is 264 g/mol. The van der Waals surface area contributed by atoms with Crippen LogP contribution in [0.2, 0.25) is 0 Å². The Balaban J connectivity index is 2.03. The van der Waals surface area contributed by atoms with E-state index in [-0.39, 0.29) is 4.75 Å². The lowest BCUT2D eigenvalue weighted by molar-refractivity contribution is 0.752. The predicted molar refractivity (Wildman–Crippen MR) is 88.0 cm³/mol. The average molecular weight is 284 g/mol. The topological polar surface area (TPSA) is 16.1 Å². The van der Waals surface area contributed by atoms with Crippen molar-refractivity contribution in [3.8, 4) is 0 Å². The van der Waals surface area contributed by atoms with Crippen molar-refractivity contribution in [2.45, 2.75) is 31.4 Å². The summed E-state index contributed by atoms with van der Waals surface area (Å²) in [5.41, 5.74) is 3.91. The molecule has 3 rings (SSSR count). The molecule has 1 aromatic carbocycles. The van der Waals surface area contributed by atoms with Crippen LogP contribution in [-0.2, 0) is 11.2 Å². The van der Waals surface area contributed by atoms with Crippen LogP contribution in [0.15, 0.2) is 42.6 Å². The van der Waals surface area contributed by atoms with Crippen LogP contribution in [0, 0.1) is 0 Å². The van der Waals surface area contributed by atoms with Gasteiger partial charge in [0.1, 0.15) is 5.82 Å². The Morgan fingerprint density at radius 3 is 2.80 bits per heavy atom. The van der Waals surface area contributed by atoms with Crippen molar-refractivity contribution in [2.24, 2.45) is 0 Å². The zero-order valence-electron chi connectivity index (χ0n) is 12.0. The minimum Gasteiger partial charge on any atom is -0.326 e. The summed E-state index contributed by atoms with van der Waals surface area (Å²) in [6.07, 6.45) is 4.22. The number of benzene rings is 1. The van der Waals surface area contributed by atoms with E-state index < -0.39 is 0 Å². The first-order valence-corrected chi connectivity index (χ1v) is 7.55. The highest BCUT2D eigenvalue weighted by Crippen LogP contribution is 2.34. The maximum absolute atomic E-state index is 4.66. The number of fused-ring (bicyclic) bond motifs is 1. The molecule has 0 spiro atoms. The molecule has 0 amide bonds. The number of aromatic nitrogens is 1. The summed E-state index contributed by atoms with van der Waals surface area (Å²) in [5.74, 6) is 1.02. The second kappa shape index (κ2) is 5.13. The van der Waals surface area contributed by atoms with Gasteiger partial charge in [0.25, 0.3) is 0 Å². The van der Waals surface area contributed by atoms with E-state index in [4.69, 9.17) is 0 Å². The lowest BCUT2D eigenvalue weighted by atomic mass is 10.0. The molecule has 2 nitrogen and oxygen atoms in total. The van der Waals surface area contributed by atoms with Crippen LogP contribution in [0.1, 0.15) is 31.4 Å². The highest BCUT2D eigenvalue weighted by Gasteiger charge is 2.21. The molecule has 20 heavy (non-hydrogen) atoms. The molecule has 0 radical (unpaired) electrons. The van der Waals surface area contributed by atoms with Crippen molar-refractivity contribution in [3.63, 3.8) is 0 Å². The molecular formula is C17H20N2S. The number of thiol groups is 1. The standard InChI is InChI=1S/C17H20N2S/c1-17(2,20)14-9-10-18-16(12-14)19-11-5-7-13-6-3-4-8-15(13)19/h3-4,6,8-10,12,20H,5,7,11H2,1-2H3. The fourth-order valence-electron chi connectivity index (χ4n) is 2.72. The molecule has 3 heteroatoms. The van der Waals surface area contributed by atoms with Gasteiger partial charge < -0.3 is 4.90 Å². The Morgan fingerprint density at radius 2 is 2.00 bits per heavy atom. The van der Waals surface area contributed by atoms with E-state index in [1.165, 1.54) is 23.2 Å². The Bertz CT molecular complexity index is 616. The van der Waals surface area contributed by atoms with Gasteiger partial charge in [-0.3, -0.25) is 0 Å². The van der Waals surface area contributed by atoms with Crippen LogP contribution in [0.5, 0.6) is 0 Å². The number of rotatable bonds is 2. The normalized spacial score (nSPS) is 15.1.